The summed E-state index contributed by atoms with van der Waals surface area (Å²) >= 11 is 0. The predicted molar refractivity (Wildman–Crippen MR) is 80.8 cm³/mol. The fraction of sp³-hybridized carbons (Fsp3) is 0.562. The van der Waals surface area contributed by atoms with E-state index in [0.717, 1.165) is 25.1 Å². The number of piperidine rings is 1. The van der Waals surface area contributed by atoms with Crippen LogP contribution in [0.3, 0.4) is 0 Å². The number of rotatable bonds is 4. The van der Waals surface area contributed by atoms with Crippen molar-refractivity contribution in [3.63, 3.8) is 0 Å². The minimum absolute atomic E-state index is 0.135. The standard InChI is InChI=1S/C16H24N2O2/c1-4-20-15(19)16(10-11-18(3)13(2)12-16)17-14-8-6-5-7-9-14/h5-9,13,17H,4,10-12H2,1-3H3. The number of carbonyl (C=O) groups is 1. The Morgan fingerprint density at radius 3 is 2.75 bits per heavy atom. The smallest absolute Gasteiger partial charge is 0.331 e. The van der Waals surface area contributed by atoms with Crippen LogP contribution in [0.5, 0.6) is 0 Å². The first-order valence-electron chi connectivity index (χ1n) is 7.28. The molecule has 0 spiro atoms. The van der Waals surface area contributed by atoms with Crippen molar-refractivity contribution in [1.82, 2.24) is 4.90 Å². The second-order valence-corrected chi connectivity index (χ2v) is 5.58. The fourth-order valence-electron chi connectivity index (χ4n) is 2.77. The molecule has 0 radical (unpaired) electrons. The highest BCUT2D eigenvalue weighted by Gasteiger charge is 2.44. The second kappa shape index (κ2) is 6.27. The molecular weight excluding hydrogens is 252 g/mol. The first-order valence-corrected chi connectivity index (χ1v) is 7.28. The number of likely N-dealkylation sites (tertiary alicyclic amines) is 1. The van der Waals surface area contributed by atoms with Gasteiger partial charge in [-0.15, -0.1) is 0 Å². The molecule has 1 N–H and O–H groups in total. The van der Waals surface area contributed by atoms with Crippen LogP contribution >= 0.6 is 0 Å². The van der Waals surface area contributed by atoms with E-state index in [-0.39, 0.29) is 5.97 Å². The van der Waals surface area contributed by atoms with Crippen LogP contribution in [0.4, 0.5) is 5.69 Å². The van der Waals surface area contributed by atoms with Crippen molar-refractivity contribution < 1.29 is 9.53 Å². The zero-order valence-corrected chi connectivity index (χ0v) is 12.6. The number of anilines is 1. The summed E-state index contributed by atoms with van der Waals surface area (Å²) in [6, 6.07) is 10.2. The van der Waals surface area contributed by atoms with Gasteiger partial charge in [0.15, 0.2) is 0 Å². The third-order valence-corrected chi connectivity index (χ3v) is 4.11. The molecule has 1 aromatic rings. The zero-order valence-electron chi connectivity index (χ0n) is 12.6. The van der Waals surface area contributed by atoms with E-state index in [2.05, 4.69) is 24.2 Å². The summed E-state index contributed by atoms with van der Waals surface area (Å²) in [6.07, 6.45) is 1.53. The summed E-state index contributed by atoms with van der Waals surface area (Å²) in [6.45, 7) is 5.31. The Labute approximate surface area is 121 Å². The van der Waals surface area contributed by atoms with Gasteiger partial charge in [-0.2, -0.15) is 0 Å². The lowest BCUT2D eigenvalue weighted by Gasteiger charge is -2.43. The van der Waals surface area contributed by atoms with Gasteiger partial charge in [-0.3, -0.25) is 0 Å². The topological polar surface area (TPSA) is 41.6 Å². The van der Waals surface area contributed by atoms with Gasteiger partial charge in [0.05, 0.1) is 6.61 Å². The molecule has 0 aromatic heterocycles. The predicted octanol–water partition coefficient (Wildman–Crippen LogP) is 2.51. The first kappa shape index (κ1) is 14.9. The van der Waals surface area contributed by atoms with Crippen molar-refractivity contribution in [3.8, 4) is 0 Å². The lowest BCUT2D eigenvalue weighted by molar-refractivity contribution is -0.151. The lowest BCUT2D eigenvalue weighted by atomic mass is 9.83. The Morgan fingerprint density at radius 1 is 1.45 bits per heavy atom. The Balaban J connectivity index is 2.22. The third-order valence-electron chi connectivity index (χ3n) is 4.11. The van der Waals surface area contributed by atoms with Gasteiger partial charge in [0.1, 0.15) is 5.54 Å². The van der Waals surface area contributed by atoms with Crippen LogP contribution in [-0.4, -0.2) is 42.6 Å². The van der Waals surface area contributed by atoms with Crippen LogP contribution in [0.2, 0.25) is 0 Å². The lowest BCUT2D eigenvalue weighted by Crippen LogP contribution is -2.57. The number of hydrogen-bond donors (Lipinski definition) is 1. The quantitative estimate of drug-likeness (QED) is 0.858. The van der Waals surface area contributed by atoms with Gasteiger partial charge in [0.25, 0.3) is 0 Å². The average Bonchev–Trinajstić information content (AvgIpc) is 2.44. The molecule has 1 aliphatic heterocycles. The van der Waals surface area contributed by atoms with E-state index in [0.29, 0.717) is 12.6 Å². The molecule has 1 fully saturated rings. The Morgan fingerprint density at radius 2 is 2.15 bits per heavy atom. The summed E-state index contributed by atoms with van der Waals surface area (Å²) < 4.78 is 5.32. The van der Waals surface area contributed by atoms with E-state index in [1.807, 2.05) is 37.3 Å². The molecule has 4 heteroatoms. The molecule has 2 rings (SSSR count). The molecule has 1 aliphatic rings. The number of esters is 1. The molecule has 1 saturated heterocycles. The highest BCUT2D eigenvalue weighted by atomic mass is 16.5. The molecule has 4 nitrogen and oxygen atoms in total. The number of para-hydroxylation sites is 1. The average molecular weight is 276 g/mol. The van der Waals surface area contributed by atoms with Gasteiger partial charge < -0.3 is 15.0 Å². The minimum atomic E-state index is -0.608. The van der Waals surface area contributed by atoms with Crippen molar-refractivity contribution in [2.24, 2.45) is 0 Å². The van der Waals surface area contributed by atoms with E-state index in [9.17, 15) is 4.79 Å². The van der Waals surface area contributed by atoms with E-state index in [1.165, 1.54) is 0 Å². The zero-order chi connectivity index (χ0) is 14.6. The van der Waals surface area contributed by atoms with E-state index < -0.39 is 5.54 Å². The number of carbonyl (C=O) groups excluding carboxylic acids is 1. The Kier molecular flexibility index (Phi) is 4.65. The van der Waals surface area contributed by atoms with Gasteiger partial charge in [0.2, 0.25) is 0 Å². The van der Waals surface area contributed by atoms with Gasteiger partial charge in [0, 0.05) is 18.3 Å². The molecule has 110 valence electrons. The SMILES string of the molecule is CCOC(=O)C1(Nc2ccccc2)CCN(C)C(C)C1. The van der Waals surface area contributed by atoms with E-state index in [4.69, 9.17) is 4.74 Å². The summed E-state index contributed by atoms with van der Waals surface area (Å²) in [5.41, 5.74) is 0.362. The minimum Gasteiger partial charge on any atom is -0.464 e. The normalized spacial score (nSPS) is 27.1. The maximum atomic E-state index is 12.5. The highest BCUT2D eigenvalue weighted by molar-refractivity contribution is 5.85. The van der Waals surface area contributed by atoms with Gasteiger partial charge in [-0.1, -0.05) is 18.2 Å². The summed E-state index contributed by atoms with van der Waals surface area (Å²) in [5, 5.41) is 3.43. The summed E-state index contributed by atoms with van der Waals surface area (Å²) in [5.74, 6) is -0.135. The van der Waals surface area contributed by atoms with E-state index >= 15 is 0 Å². The van der Waals surface area contributed by atoms with Gasteiger partial charge in [-0.25, -0.2) is 4.79 Å². The highest BCUT2D eigenvalue weighted by Crippen LogP contribution is 2.31. The number of nitrogens with zero attached hydrogens (tertiary/aromatic N) is 1. The number of nitrogens with one attached hydrogen (secondary N) is 1. The molecule has 2 unspecified atom stereocenters. The van der Waals surface area contributed by atoms with Crippen LogP contribution in [0, 0.1) is 0 Å². The fourth-order valence-corrected chi connectivity index (χ4v) is 2.77. The third kappa shape index (κ3) is 3.12. The monoisotopic (exact) mass is 276 g/mol. The number of benzene rings is 1. The first-order chi connectivity index (χ1) is 9.57. The number of ether oxygens (including phenoxy) is 1. The van der Waals surface area contributed by atoms with Crippen LogP contribution < -0.4 is 5.32 Å². The molecule has 0 aliphatic carbocycles. The van der Waals surface area contributed by atoms with Crippen molar-refractivity contribution in [2.45, 2.75) is 38.3 Å². The largest absolute Gasteiger partial charge is 0.464 e. The molecule has 20 heavy (non-hydrogen) atoms. The number of hydrogen-bond acceptors (Lipinski definition) is 4. The van der Waals surface area contributed by atoms with Crippen LogP contribution in [0.1, 0.15) is 26.7 Å². The summed E-state index contributed by atoms with van der Waals surface area (Å²) in [4.78, 5) is 14.8. The molecule has 0 amide bonds. The Bertz CT molecular complexity index is 449. The van der Waals surface area contributed by atoms with Crippen LogP contribution in [0.25, 0.3) is 0 Å². The van der Waals surface area contributed by atoms with Crippen molar-refractivity contribution in [3.05, 3.63) is 30.3 Å². The molecule has 0 bridgehead atoms. The molecule has 2 atom stereocenters. The van der Waals surface area contributed by atoms with Gasteiger partial charge in [-0.05, 0) is 45.9 Å². The molecular formula is C16H24N2O2. The molecule has 1 heterocycles. The van der Waals surface area contributed by atoms with Crippen molar-refractivity contribution in [1.29, 1.82) is 0 Å². The molecule has 1 aromatic carbocycles. The maximum absolute atomic E-state index is 12.5. The molecule has 0 saturated carbocycles. The van der Waals surface area contributed by atoms with Crippen LogP contribution in [-0.2, 0) is 9.53 Å². The van der Waals surface area contributed by atoms with E-state index in [1.54, 1.807) is 0 Å². The second-order valence-electron chi connectivity index (χ2n) is 5.58. The Hall–Kier alpha value is -1.55. The van der Waals surface area contributed by atoms with Crippen LogP contribution in [0.15, 0.2) is 30.3 Å². The summed E-state index contributed by atoms with van der Waals surface area (Å²) in [7, 11) is 2.10. The van der Waals surface area contributed by atoms with Gasteiger partial charge >= 0.3 is 5.97 Å². The van der Waals surface area contributed by atoms with Crippen molar-refractivity contribution >= 4 is 11.7 Å². The van der Waals surface area contributed by atoms with Crippen molar-refractivity contribution in [2.75, 3.05) is 25.5 Å². The maximum Gasteiger partial charge on any atom is 0.331 e.